The van der Waals surface area contributed by atoms with Crippen molar-refractivity contribution in [3.8, 4) is 0 Å². The van der Waals surface area contributed by atoms with E-state index in [1.165, 1.54) is 0 Å². The highest BCUT2D eigenvalue weighted by Gasteiger charge is 2.11. The first-order valence-corrected chi connectivity index (χ1v) is 9.48. The highest BCUT2D eigenvalue weighted by Crippen LogP contribution is 1.99. The molecule has 0 amide bonds. The third-order valence-corrected chi connectivity index (χ3v) is 2.68. The standard InChI is InChI=1S/C6H13NO.C5H11NO.C4H10.2C2H6/c1-6-5-7(2)3-4-8-6;1-6-2-4-7-5-3-6;1-4(2)3;2*1-2/h6H,3-5H2,1-2H3;2-5H2,1H3;4H,1-3H3;2*1-2H3. The van der Waals surface area contributed by atoms with Crippen molar-refractivity contribution in [1.82, 2.24) is 9.80 Å². The van der Waals surface area contributed by atoms with Gasteiger partial charge in [0.15, 0.2) is 0 Å². The number of hydrogen-bond acceptors (Lipinski definition) is 4. The van der Waals surface area contributed by atoms with Gasteiger partial charge in [-0.2, -0.15) is 0 Å². The number of morpholine rings is 2. The zero-order chi connectivity index (χ0) is 18.7. The smallest absolute Gasteiger partial charge is 0.0674 e. The summed E-state index contributed by atoms with van der Waals surface area (Å²) in [6, 6.07) is 0. The van der Waals surface area contributed by atoms with Crippen LogP contribution in [0.2, 0.25) is 0 Å². The van der Waals surface area contributed by atoms with E-state index < -0.39 is 0 Å². The molecule has 2 aliphatic heterocycles. The Balaban J connectivity index is -0.000000245. The van der Waals surface area contributed by atoms with Crippen molar-refractivity contribution in [1.29, 1.82) is 0 Å². The van der Waals surface area contributed by atoms with Gasteiger partial charge in [-0.3, -0.25) is 0 Å². The van der Waals surface area contributed by atoms with Crippen LogP contribution in [0.4, 0.5) is 0 Å². The molecule has 2 fully saturated rings. The molecule has 23 heavy (non-hydrogen) atoms. The van der Waals surface area contributed by atoms with E-state index in [4.69, 9.17) is 9.47 Å². The maximum Gasteiger partial charge on any atom is 0.0674 e. The third-order valence-electron chi connectivity index (χ3n) is 2.68. The largest absolute Gasteiger partial charge is 0.379 e. The SMILES string of the molecule is CC.CC.CC(C)C.CC1CN(C)CCO1.CN1CCOCC1. The average Bonchev–Trinajstić information content (AvgIpc) is 2.52. The van der Waals surface area contributed by atoms with E-state index in [-0.39, 0.29) is 0 Å². The van der Waals surface area contributed by atoms with Gasteiger partial charge in [0.2, 0.25) is 0 Å². The molecule has 4 heteroatoms. The lowest BCUT2D eigenvalue weighted by atomic mass is 10.3. The second-order valence-electron chi connectivity index (χ2n) is 6.09. The molecule has 2 heterocycles. The summed E-state index contributed by atoms with van der Waals surface area (Å²) in [5.41, 5.74) is 0. The van der Waals surface area contributed by atoms with Gasteiger partial charge in [0.05, 0.1) is 25.9 Å². The maximum atomic E-state index is 5.31. The molecule has 0 bridgehead atoms. The van der Waals surface area contributed by atoms with Gasteiger partial charge in [-0.15, -0.1) is 0 Å². The second kappa shape index (κ2) is 21.8. The van der Waals surface area contributed by atoms with E-state index in [1.54, 1.807) is 0 Å². The number of nitrogens with zero attached hydrogens (tertiary/aromatic N) is 2. The minimum absolute atomic E-state index is 0.439. The van der Waals surface area contributed by atoms with Gasteiger partial charge in [0.1, 0.15) is 0 Å². The highest BCUT2D eigenvalue weighted by molar-refractivity contribution is 4.62. The van der Waals surface area contributed by atoms with Crippen LogP contribution < -0.4 is 0 Å². The van der Waals surface area contributed by atoms with E-state index >= 15 is 0 Å². The fourth-order valence-corrected chi connectivity index (χ4v) is 1.65. The van der Waals surface area contributed by atoms with Gasteiger partial charge in [-0.25, -0.2) is 0 Å². The summed E-state index contributed by atoms with van der Waals surface area (Å²) in [4.78, 5) is 4.55. The lowest BCUT2D eigenvalue weighted by Crippen LogP contribution is -2.38. The van der Waals surface area contributed by atoms with E-state index in [2.05, 4.69) is 51.6 Å². The number of ether oxygens (including phenoxy) is 2. The van der Waals surface area contributed by atoms with Crippen LogP contribution in [0.5, 0.6) is 0 Å². The first kappa shape index (κ1) is 27.7. The van der Waals surface area contributed by atoms with Crippen LogP contribution >= 0.6 is 0 Å². The van der Waals surface area contributed by atoms with Crippen LogP contribution in [0.15, 0.2) is 0 Å². The van der Waals surface area contributed by atoms with Crippen LogP contribution in [-0.2, 0) is 9.47 Å². The Morgan fingerprint density at radius 2 is 1.17 bits per heavy atom. The van der Waals surface area contributed by atoms with Gasteiger partial charge in [0, 0.05) is 26.2 Å². The Bertz CT molecular complexity index is 185. The molecule has 0 aliphatic carbocycles. The Morgan fingerprint density at radius 1 is 0.783 bits per heavy atom. The van der Waals surface area contributed by atoms with Crippen LogP contribution in [0.3, 0.4) is 0 Å². The van der Waals surface area contributed by atoms with E-state index in [0.29, 0.717) is 6.10 Å². The molecule has 2 saturated heterocycles. The van der Waals surface area contributed by atoms with Crippen molar-refractivity contribution < 1.29 is 9.47 Å². The first-order chi connectivity index (χ1) is 10.9. The van der Waals surface area contributed by atoms with Gasteiger partial charge in [0.25, 0.3) is 0 Å². The van der Waals surface area contributed by atoms with Crippen LogP contribution in [0.25, 0.3) is 0 Å². The molecule has 2 aliphatic rings. The molecule has 0 aromatic heterocycles. The lowest BCUT2D eigenvalue weighted by Gasteiger charge is -2.27. The molecule has 144 valence electrons. The number of likely N-dealkylation sites (N-methyl/N-ethyl adjacent to an activating group) is 2. The van der Waals surface area contributed by atoms with Gasteiger partial charge < -0.3 is 19.3 Å². The van der Waals surface area contributed by atoms with Crippen molar-refractivity contribution in [3.63, 3.8) is 0 Å². The van der Waals surface area contributed by atoms with Crippen LogP contribution in [-0.4, -0.2) is 76.0 Å². The van der Waals surface area contributed by atoms with E-state index in [9.17, 15) is 0 Å². The van der Waals surface area contributed by atoms with Crippen molar-refractivity contribution in [2.75, 3.05) is 60.1 Å². The molecule has 0 aromatic rings. The van der Waals surface area contributed by atoms with Gasteiger partial charge in [-0.05, 0) is 26.9 Å². The minimum Gasteiger partial charge on any atom is -0.379 e. The molecule has 0 radical (unpaired) electrons. The molecule has 0 aromatic carbocycles. The molecule has 1 atom stereocenters. The highest BCUT2D eigenvalue weighted by atomic mass is 16.5. The normalized spacial score (nSPS) is 21.3. The predicted molar refractivity (Wildman–Crippen MR) is 104 cm³/mol. The van der Waals surface area contributed by atoms with Gasteiger partial charge >= 0.3 is 0 Å². The Hall–Kier alpha value is -0.160. The number of rotatable bonds is 0. The lowest BCUT2D eigenvalue weighted by molar-refractivity contribution is -0.00861. The fourth-order valence-electron chi connectivity index (χ4n) is 1.65. The van der Waals surface area contributed by atoms with Gasteiger partial charge in [-0.1, -0.05) is 48.5 Å². The molecule has 0 N–H and O–H groups in total. The summed E-state index contributed by atoms with van der Waals surface area (Å²) in [6.45, 7) is 23.7. The summed E-state index contributed by atoms with van der Waals surface area (Å²) in [6.07, 6.45) is 0.439. The van der Waals surface area contributed by atoms with Crippen molar-refractivity contribution in [2.45, 2.75) is 61.5 Å². The maximum absolute atomic E-state index is 5.31. The molecule has 0 spiro atoms. The molecule has 4 nitrogen and oxygen atoms in total. The Kier molecular flexibility index (Phi) is 26.3. The zero-order valence-electron chi connectivity index (χ0n) is 17.8. The number of hydrogen-bond donors (Lipinski definition) is 0. The Morgan fingerprint density at radius 3 is 1.39 bits per heavy atom. The molecule has 2 rings (SSSR count). The van der Waals surface area contributed by atoms with Crippen LogP contribution in [0.1, 0.15) is 55.4 Å². The van der Waals surface area contributed by atoms with Crippen LogP contribution in [0, 0.1) is 5.92 Å². The monoisotopic (exact) mass is 334 g/mol. The third kappa shape index (κ3) is 27.0. The second-order valence-corrected chi connectivity index (χ2v) is 6.09. The first-order valence-electron chi connectivity index (χ1n) is 9.48. The molecular formula is C19H46N2O2. The molecule has 0 saturated carbocycles. The topological polar surface area (TPSA) is 24.9 Å². The van der Waals surface area contributed by atoms with Crippen molar-refractivity contribution in [3.05, 3.63) is 0 Å². The predicted octanol–water partition coefficient (Wildman–Crippen LogP) is 4.00. The summed E-state index contributed by atoms with van der Waals surface area (Å²) in [7, 11) is 4.24. The summed E-state index contributed by atoms with van der Waals surface area (Å²) in [5.74, 6) is 0.833. The quantitative estimate of drug-likeness (QED) is 0.668. The Labute approximate surface area is 147 Å². The van der Waals surface area contributed by atoms with Crippen molar-refractivity contribution >= 4 is 0 Å². The average molecular weight is 335 g/mol. The van der Waals surface area contributed by atoms with E-state index in [0.717, 1.165) is 51.9 Å². The van der Waals surface area contributed by atoms with Crippen molar-refractivity contribution in [2.24, 2.45) is 5.92 Å². The zero-order valence-corrected chi connectivity index (χ0v) is 17.8. The molecular weight excluding hydrogens is 288 g/mol. The summed E-state index contributed by atoms with van der Waals surface area (Å²) < 4.78 is 10.4. The van der Waals surface area contributed by atoms with E-state index in [1.807, 2.05) is 27.7 Å². The fraction of sp³-hybridized carbons (Fsp3) is 1.00. The minimum atomic E-state index is 0.439. The molecule has 1 unspecified atom stereocenters. The summed E-state index contributed by atoms with van der Waals surface area (Å²) >= 11 is 0. The summed E-state index contributed by atoms with van der Waals surface area (Å²) in [5, 5.41) is 0.